The van der Waals surface area contributed by atoms with E-state index in [4.69, 9.17) is 4.74 Å². The minimum Gasteiger partial charge on any atom is -0.497 e. The van der Waals surface area contributed by atoms with Gasteiger partial charge in [0.05, 0.1) is 12.7 Å². The molecule has 16 heavy (non-hydrogen) atoms. The monoisotopic (exact) mass is 221 g/mol. The first-order valence-electron chi connectivity index (χ1n) is 5.70. The van der Waals surface area contributed by atoms with E-state index < -0.39 is 5.60 Å². The lowest BCUT2D eigenvalue weighted by Gasteiger charge is -2.38. The van der Waals surface area contributed by atoms with Crippen molar-refractivity contribution in [3.8, 4) is 5.75 Å². The molecule has 0 spiro atoms. The molecule has 2 N–H and O–H groups in total. The molecule has 0 amide bonds. The molecule has 1 fully saturated rings. The molecular weight excluding hydrogens is 202 g/mol. The smallest absolute Gasteiger partial charge is 0.119 e. The Kier molecular flexibility index (Phi) is 3.17. The summed E-state index contributed by atoms with van der Waals surface area (Å²) in [6, 6.07) is 7.95. The zero-order valence-electron chi connectivity index (χ0n) is 9.86. The van der Waals surface area contributed by atoms with Crippen LogP contribution in [0.4, 0.5) is 0 Å². The number of benzene rings is 1. The fraction of sp³-hybridized carbons (Fsp3) is 0.538. The van der Waals surface area contributed by atoms with Gasteiger partial charge in [0, 0.05) is 12.5 Å². The summed E-state index contributed by atoms with van der Waals surface area (Å²) < 4.78 is 5.21. The summed E-state index contributed by atoms with van der Waals surface area (Å²) in [6.45, 7) is 3.62. The highest BCUT2D eigenvalue weighted by Gasteiger charge is 2.35. The van der Waals surface area contributed by atoms with Gasteiger partial charge in [-0.1, -0.05) is 12.1 Å². The van der Waals surface area contributed by atoms with E-state index in [9.17, 15) is 5.11 Å². The van der Waals surface area contributed by atoms with Gasteiger partial charge in [-0.2, -0.15) is 0 Å². The summed E-state index contributed by atoms with van der Waals surface area (Å²) >= 11 is 0. The average molecular weight is 221 g/mol. The van der Waals surface area contributed by atoms with Crippen LogP contribution in [0.25, 0.3) is 0 Å². The Bertz CT molecular complexity index is 363. The molecule has 1 aliphatic rings. The summed E-state index contributed by atoms with van der Waals surface area (Å²) in [5.74, 6) is 0.982. The van der Waals surface area contributed by atoms with Crippen LogP contribution < -0.4 is 10.1 Å². The third kappa shape index (κ3) is 2.20. The van der Waals surface area contributed by atoms with Gasteiger partial charge in [0.1, 0.15) is 5.75 Å². The standard InChI is InChI=1S/C13H19NO2/c1-13(15)6-7-14-9-12(13)10-4-3-5-11(8-10)16-2/h3-5,8,12,14-15H,6-7,9H2,1-2H3. The molecule has 1 saturated heterocycles. The number of hydrogen-bond acceptors (Lipinski definition) is 3. The number of hydrogen-bond donors (Lipinski definition) is 2. The van der Waals surface area contributed by atoms with E-state index in [-0.39, 0.29) is 5.92 Å². The second-order valence-electron chi connectivity index (χ2n) is 4.64. The average Bonchev–Trinajstić information content (AvgIpc) is 2.28. The van der Waals surface area contributed by atoms with E-state index in [0.717, 1.165) is 30.8 Å². The van der Waals surface area contributed by atoms with Gasteiger partial charge in [0.15, 0.2) is 0 Å². The predicted octanol–water partition coefficient (Wildman–Crippen LogP) is 1.52. The lowest BCUT2D eigenvalue weighted by Crippen LogP contribution is -2.46. The maximum atomic E-state index is 10.4. The molecule has 2 unspecified atom stereocenters. The Morgan fingerprint density at radius 2 is 2.31 bits per heavy atom. The lowest BCUT2D eigenvalue weighted by atomic mass is 9.79. The van der Waals surface area contributed by atoms with Gasteiger partial charge in [-0.15, -0.1) is 0 Å². The third-order valence-corrected chi connectivity index (χ3v) is 3.40. The largest absolute Gasteiger partial charge is 0.497 e. The van der Waals surface area contributed by atoms with Crippen LogP contribution in [0.5, 0.6) is 5.75 Å². The summed E-state index contributed by atoms with van der Waals surface area (Å²) in [6.07, 6.45) is 0.787. The molecule has 1 heterocycles. The first-order valence-corrected chi connectivity index (χ1v) is 5.70. The van der Waals surface area contributed by atoms with Crippen LogP contribution in [0.15, 0.2) is 24.3 Å². The molecular formula is C13H19NO2. The van der Waals surface area contributed by atoms with Crippen LogP contribution in [0, 0.1) is 0 Å². The number of rotatable bonds is 2. The molecule has 0 aliphatic carbocycles. The molecule has 3 heteroatoms. The van der Waals surface area contributed by atoms with Gasteiger partial charge in [-0.25, -0.2) is 0 Å². The lowest BCUT2D eigenvalue weighted by molar-refractivity contribution is 0.00778. The fourth-order valence-corrected chi connectivity index (χ4v) is 2.32. The highest BCUT2D eigenvalue weighted by Crippen LogP contribution is 2.33. The molecule has 1 aromatic rings. The second kappa shape index (κ2) is 4.44. The summed E-state index contributed by atoms with van der Waals surface area (Å²) in [4.78, 5) is 0. The zero-order chi connectivity index (χ0) is 11.6. The van der Waals surface area contributed by atoms with Crippen LogP contribution in [0.3, 0.4) is 0 Å². The first-order chi connectivity index (χ1) is 7.63. The summed E-state index contributed by atoms with van der Waals surface area (Å²) in [5, 5.41) is 13.7. The zero-order valence-corrected chi connectivity index (χ0v) is 9.86. The quantitative estimate of drug-likeness (QED) is 0.795. The van der Waals surface area contributed by atoms with E-state index in [1.807, 2.05) is 25.1 Å². The van der Waals surface area contributed by atoms with E-state index in [0.29, 0.717) is 0 Å². The normalized spacial score (nSPS) is 30.1. The predicted molar refractivity (Wildman–Crippen MR) is 63.8 cm³/mol. The Morgan fingerprint density at radius 3 is 3.00 bits per heavy atom. The fourth-order valence-electron chi connectivity index (χ4n) is 2.32. The molecule has 2 atom stereocenters. The number of methoxy groups -OCH3 is 1. The second-order valence-corrected chi connectivity index (χ2v) is 4.64. The van der Waals surface area contributed by atoms with Gasteiger partial charge in [0.25, 0.3) is 0 Å². The van der Waals surface area contributed by atoms with Gasteiger partial charge >= 0.3 is 0 Å². The highest BCUT2D eigenvalue weighted by molar-refractivity contribution is 5.33. The van der Waals surface area contributed by atoms with Crippen molar-refractivity contribution in [3.05, 3.63) is 29.8 Å². The molecule has 0 radical (unpaired) electrons. The number of aliphatic hydroxyl groups is 1. The van der Waals surface area contributed by atoms with Crippen molar-refractivity contribution in [3.63, 3.8) is 0 Å². The molecule has 1 aromatic carbocycles. The maximum Gasteiger partial charge on any atom is 0.119 e. The van der Waals surface area contributed by atoms with Crippen molar-refractivity contribution in [1.29, 1.82) is 0 Å². The van der Waals surface area contributed by atoms with E-state index >= 15 is 0 Å². The molecule has 88 valence electrons. The Balaban J connectivity index is 2.27. The molecule has 2 rings (SSSR count). The third-order valence-electron chi connectivity index (χ3n) is 3.40. The van der Waals surface area contributed by atoms with Gasteiger partial charge in [0.2, 0.25) is 0 Å². The maximum absolute atomic E-state index is 10.4. The van der Waals surface area contributed by atoms with Gasteiger partial charge < -0.3 is 15.2 Å². The Morgan fingerprint density at radius 1 is 1.50 bits per heavy atom. The summed E-state index contributed by atoms with van der Waals surface area (Å²) in [7, 11) is 1.66. The van der Waals surface area contributed by atoms with Gasteiger partial charge in [-0.05, 0) is 37.6 Å². The first kappa shape index (κ1) is 11.4. The Labute approximate surface area is 96.4 Å². The topological polar surface area (TPSA) is 41.5 Å². The van der Waals surface area contributed by atoms with Crippen molar-refractivity contribution in [2.75, 3.05) is 20.2 Å². The number of nitrogens with one attached hydrogen (secondary N) is 1. The van der Waals surface area contributed by atoms with Crippen molar-refractivity contribution in [1.82, 2.24) is 5.32 Å². The summed E-state index contributed by atoms with van der Waals surface area (Å²) in [5.41, 5.74) is 0.508. The Hall–Kier alpha value is -1.06. The van der Waals surface area contributed by atoms with Crippen LogP contribution in [-0.2, 0) is 0 Å². The van der Waals surface area contributed by atoms with Crippen molar-refractivity contribution < 1.29 is 9.84 Å². The molecule has 0 aromatic heterocycles. The number of piperidine rings is 1. The minimum atomic E-state index is -0.627. The van der Waals surface area contributed by atoms with E-state index in [1.165, 1.54) is 0 Å². The van der Waals surface area contributed by atoms with Gasteiger partial charge in [-0.3, -0.25) is 0 Å². The van der Waals surface area contributed by atoms with E-state index in [2.05, 4.69) is 11.4 Å². The number of ether oxygens (including phenoxy) is 1. The highest BCUT2D eigenvalue weighted by atomic mass is 16.5. The van der Waals surface area contributed by atoms with Crippen molar-refractivity contribution >= 4 is 0 Å². The van der Waals surface area contributed by atoms with Crippen LogP contribution in [0.2, 0.25) is 0 Å². The van der Waals surface area contributed by atoms with Crippen LogP contribution >= 0.6 is 0 Å². The van der Waals surface area contributed by atoms with E-state index in [1.54, 1.807) is 7.11 Å². The molecule has 3 nitrogen and oxygen atoms in total. The minimum absolute atomic E-state index is 0.136. The van der Waals surface area contributed by atoms with Crippen LogP contribution in [-0.4, -0.2) is 30.9 Å². The SMILES string of the molecule is COc1cccc(C2CNCCC2(C)O)c1. The molecule has 0 bridgehead atoms. The van der Waals surface area contributed by atoms with Crippen molar-refractivity contribution in [2.24, 2.45) is 0 Å². The molecule has 1 aliphatic heterocycles. The molecule has 0 saturated carbocycles. The van der Waals surface area contributed by atoms with Crippen LogP contribution in [0.1, 0.15) is 24.8 Å². The van der Waals surface area contributed by atoms with Crippen molar-refractivity contribution in [2.45, 2.75) is 24.9 Å².